The molecule has 11 aromatic rings. The first-order chi connectivity index (χ1) is 32.7. The number of benzene rings is 6. The van der Waals surface area contributed by atoms with E-state index in [-0.39, 0.29) is 0 Å². The van der Waals surface area contributed by atoms with E-state index in [4.69, 9.17) is 44.9 Å². The second kappa shape index (κ2) is 17.9. The topological polar surface area (TPSA) is 116 Å². The van der Waals surface area contributed by atoms with Gasteiger partial charge in [-0.05, 0) is 47.0 Å². The van der Waals surface area contributed by atoms with Crippen LogP contribution in [0, 0.1) is 0 Å². The Hall–Kier alpha value is -9.21. The van der Waals surface area contributed by atoms with Gasteiger partial charge in [-0.1, -0.05) is 182 Å². The first-order valence-corrected chi connectivity index (χ1v) is 21.5. The van der Waals surface area contributed by atoms with E-state index < -0.39 is 0 Å². The van der Waals surface area contributed by atoms with Crippen molar-refractivity contribution in [2.75, 3.05) is 0 Å². The standard InChI is InChI=1S/C57H37N9/c1-6-16-38(17-7-1)47-34-50(60-51(35-47)49-33-31-46(37-59-49)57-65-54(42-22-12-4-13-23-42)62-55(66-57)43-24-14-5-15-25-43)48-32-30-45(36-58-48)39-26-28-44(29-27-39)56-63-52(40-18-8-2-9-19-40)61-53(64-56)41-20-10-3-11-21-41/h1-37H. The molecule has 0 spiro atoms. The summed E-state index contributed by atoms with van der Waals surface area (Å²) in [6.45, 7) is 0. The summed E-state index contributed by atoms with van der Waals surface area (Å²) in [7, 11) is 0. The van der Waals surface area contributed by atoms with Crippen LogP contribution >= 0.6 is 0 Å². The summed E-state index contributed by atoms with van der Waals surface area (Å²) in [6.07, 6.45) is 3.69. The molecule has 9 heteroatoms. The lowest BCUT2D eigenvalue weighted by molar-refractivity contribution is 1.07. The van der Waals surface area contributed by atoms with Gasteiger partial charge in [0.2, 0.25) is 0 Å². The molecule has 6 aromatic carbocycles. The van der Waals surface area contributed by atoms with Crippen LogP contribution in [0.3, 0.4) is 0 Å². The first-order valence-electron chi connectivity index (χ1n) is 21.5. The molecular formula is C57H37N9. The van der Waals surface area contributed by atoms with E-state index >= 15 is 0 Å². The molecule has 0 bridgehead atoms. The molecule has 0 aliphatic carbocycles. The molecule has 5 aromatic heterocycles. The van der Waals surface area contributed by atoms with Crippen LogP contribution in [-0.4, -0.2) is 44.9 Å². The predicted molar refractivity (Wildman–Crippen MR) is 261 cm³/mol. The zero-order valence-electron chi connectivity index (χ0n) is 35.4. The minimum Gasteiger partial charge on any atom is -0.254 e. The van der Waals surface area contributed by atoms with Gasteiger partial charge in [0.1, 0.15) is 0 Å². The summed E-state index contributed by atoms with van der Waals surface area (Å²) in [5.74, 6) is 3.57. The normalized spacial score (nSPS) is 11.0. The lowest BCUT2D eigenvalue weighted by Crippen LogP contribution is -2.00. The first kappa shape index (κ1) is 39.6. The molecule has 0 aliphatic rings. The largest absolute Gasteiger partial charge is 0.254 e. The van der Waals surface area contributed by atoms with Crippen molar-refractivity contribution in [1.82, 2.24) is 44.9 Å². The Labute approximate surface area is 381 Å². The molecule has 0 unspecified atom stereocenters. The lowest BCUT2D eigenvalue weighted by atomic mass is 10.0. The number of nitrogens with zero attached hydrogens (tertiary/aromatic N) is 9. The monoisotopic (exact) mass is 847 g/mol. The van der Waals surface area contributed by atoms with Gasteiger partial charge in [-0.25, -0.2) is 34.9 Å². The molecule has 0 N–H and O–H groups in total. The van der Waals surface area contributed by atoms with Crippen LogP contribution < -0.4 is 0 Å². The van der Waals surface area contributed by atoms with Gasteiger partial charge in [-0.15, -0.1) is 0 Å². The van der Waals surface area contributed by atoms with Crippen molar-refractivity contribution in [3.8, 4) is 113 Å². The van der Waals surface area contributed by atoms with Gasteiger partial charge in [0.05, 0.1) is 22.8 Å². The smallest absolute Gasteiger partial charge is 0.165 e. The zero-order valence-corrected chi connectivity index (χ0v) is 35.4. The van der Waals surface area contributed by atoms with E-state index in [0.29, 0.717) is 46.3 Å². The summed E-state index contributed by atoms with van der Waals surface area (Å²) < 4.78 is 0. The maximum atomic E-state index is 5.13. The predicted octanol–water partition coefficient (Wildman–Crippen LogP) is 12.9. The van der Waals surface area contributed by atoms with Crippen molar-refractivity contribution in [3.05, 3.63) is 225 Å². The Morgan fingerprint density at radius 2 is 0.455 bits per heavy atom. The van der Waals surface area contributed by atoms with Crippen molar-refractivity contribution in [2.45, 2.75) is 0 Å². The van der Waals surface area contributed by atoms with Crippen LogP contribution in [-0.2, 0) is 0 Å². The summed E-state index contributed by atoms with van der Waals surface area (Å²) in [5.41, 5.74) is 12.3. The number of hydrogen-bond donors (Lipinski definition) is 0. The quantitative estimate of drug-likeness (QED) is 0.133. The van der Waals surface area contributed by atoms with Crippen LogP contribution in [0.25, 0.3) is 113 Å². The molecule has 0 saturated carbocycles. The van der Waals surface area contributed by atoms with E-state index in [2.05, 4.69) is 42.5 Å². The van der Waals surface area contributed by atoms with Crippen LogP contribution in [0.1, 0.15) is 0 Å². The fraction of sp³-hybridized carbons (Fsp3) is 0. The third-order valence-corrected chi connectivity index (χ3v) is 11.1. The van der Waals surface area contributed by atoms with Crippen molar-refractivity contribution in [2.24, 2.45) is 0 Å². The van der Waals surface area contributed by atoms with E-state index in [0.717, 1.165) is 67.0 Å². The van der Waals surface area contributed by atoms with Crippen LogP contribution in [0.15, 0.2) is 225 Å². The maximum Gasteiger partial charge on any atom is 0.165 e. The molecule has 9 nitrogen and oxygen atoms in total. The number of aromatic nitrogens is 9. The second-order valence-corrected chi connectivity index (χ2v) is 15.5. The van der Waals surface area contributed by atoms with E-state index in [1.54, 1.807) is 6.20 Å². The van der Waals surface area contributed by atoms with Crippen LogP contribution in [0.5, 0.6) is 0 Å². The molecule has 66 heavy (non-hydrogen) atoms. The van der Waals surface area contributed by atoms with E-state index in [1.165, 1.54) is 0 Å². The molecule has 0 saturated heterocycles. The van der Waals surface area contributed by atoms with Gasteiger partial charge in [-0.2, -0.15) is 0 Å². The van der Waals surface area contributed by atoms with Crippen molar-refractivity contribution >= 4 is 0 Å². The lowest BCUT2D eigenvalue weighted by Gasteiger charge is -2.11. The highest BCUT2D eigenvalue weighted by Crippen LogP contribution is 2.32. The van der Waals surface area contributed by atoms with Crippen molar-refractivity contribution in [1.29, 1.82) is 0 Å². The number of hydrogen-bond acceptors (Lipinski definition) is 9. The van der Waals surface area contributed by atoms with Crippen molar-refractivity contribution < 1.29 is 0 Å². The average molecular weight is 848 g/mol. The Morgan fingerprint density at radius 1 is 0.182 bits per heavy atom. The van der Waals surface area contributed by atoms with Gasteiger partial charge in [0.15, 0.2) is 34.9 Å². The van der Waals surface area contributed by atoms with Gasteiger partial charge in [0.25, 0.3) is 0 Å². The summed E-state index contributed by atoms with van der Waals surface area (Å²) in [4.78, 5) is 44.2. The molecule has 11 rings (SSSR count). The molecule has 310 valence electrons. The Balaban J connectivity index is 0.899. The minimum atomic E-state index is 0.535. The van der Waals surface area contributed by atoms with Gasteiger partial charge in [-0.3, -0.25) is 9.97 Å². The molecule has 0 fully saturated rings. The van der Waals surface area contributed by atoms with Gasteiger partial charge >= 0.3 is 0 Å². The maximum absolute atomic E-state index is 5.13. The SMILES string of the molecule is c1ccc(-c2cc(-c3ccc(-c4ccc(-c5nc(-c6ccccc6)nc(-c6ccccc6)n5)cc4)cn3)nc(-c3ccc(-c4nc(-c5ccccc5)nc(-c5ccccc5)n4)cn3)c2)cc1. The van der Waals surface area contributed by atoms with Crippen molar-refractivity contribution in [3.63, 3.8) is 0 Å². The minimum absolute atomic E-state index is 0.535. The zero-order chi connectivity index (χ0) is 44.1. The third kappa shape index (κ3) is 8.47. The molecule has 0 radical (unpaired) electrons. The third-order valence-electron chi connectivity index (χ3n) is 11.1. The highest BCUT2D eigenvalue weighted by atomic mass is 15.0. The van der Waals surface area contributed by atoms with E-state index in [1.807, 2.05) is 176 Å². The summed E-state index contributed by atoms with van der Waals surface area (Å²) in [6, 6.07) is 70.6. The summed E-state index contributed by atoms with van der Waals surface area (Å²) >= 11 is 0. The Kier molecular flexibility index (Phi) is 10.7. The molecule has 5 heterocycles. The fourth-order valence-electron chi connectivity index (χ4n) is 7.67. The average Bonchev–Trinajstić information content (AvgIpc) is 3.42. The molecule has 0 aliphatic heterocycles. The molecular weight excluding hydrogens is 811 g/mol. The van der Waals surface area contributed by atoms with E-state index in [9.17, 15) is 0 Å². The highest BCUT2D eigenvalue weighted by Gasteiger charge is 2.16. The van der Waals surface area contributed by atoms with Gasteiger partial charge < -0.3 is 0 Å². The highest BCUT2D eigenvalue weighted by molar-refractivity contribution is 5.77. The molecule has 0 atom stereocenters. The van der Waals surface area contributed by atoms with Crippen LogP contribution in [0.2, 0.25) is 0 Å². The number of pyridine rings is 3. The van der Waals surface area contributed by atoms with Crippen LogP contribution in [0.4, 0.5) is 0 Å². The van der Waals surface area contributed by atoms with Gasteiger partial charge in [0, 0.05) is 51.3 Å². The summed E-state index contributed by atoms with van der Waals surface area (Å²) in [5, 5.41) is 0. The second-order valence-electron chi connectivity index (χ2n) is 15.5. The Morgan fingerprint density at radius 3 is 0.803 bits per heavy atom. The number of rotatable bonds is 10. The Bertz CT molecular complexity index is 3290. The fourth-order valence-corrected chi connectivity index (χ4v) is 7.67. The molecule has 0 amide bonds.